The molecular weight excluding hydrogens is 430 g/mol. The molecule has 0 aliphatic carbocycles. The maximum Gasteiger partial charge on any atom is 0.352 e. The first-order valence-corrected chi connectivity index (χ1v) is 10.9. The second kappa shape index (κ2) is 8.26. The molecule has 4 atom stereocenters. The van der Waals surface area contributed by atoms with Gasteiger partial charge >= 0.3 is 5.97 Å². The smallest absolute Gasteiger partial charge is 0.352 e. The molecule has 2 aliphatic heterocycles. The molecule has 15 heteroatoms. The van der Waals surface area contributed by atoms with E-state index in [0.717, 1.165) is 16.2 Å². The number of amides is 2. The summed E-state index contributed by atoms with van der Waals surface area (Å²) in [5.74, 6) is -2.26. The third-order valence-corrected chi connectivity index (χ3v) is 7.96. The molecule has 0 aromatic carbocycles. The number of carboxylic acid groups (broad SMARTS) is 1. The van der Waals surface area contributed by atoms with Crippen LogP contribution in [0, 0.1) is 0 Å². The number of rotatable bonds is 7. The van der Waals surface area contributed by atoms with Crippen LogP contribution < -0.4 is 5.32 Å². The van der Waals surface area contributed by atoms with Crippen LogP contribution in [0.15, 0.2) is 26.2 Å². The molecule has 3 unspecified atom stereocenters. The number of aliphatic carboxylic acids is 1. The van der Waals surface area contributed by atoms with Crippen molar-refractivity contribution in [3.63, 3.8) is 0 Å². The number of hydrogen-bond acceptors (Lipinski definition) is 9. The predicted molar refractivity (Wildman–Crippen MR) is 99.5 cm³/mol. The average Bonchev–Trinajstić information content (AvgIpc) is 3.22. The van der Waals surface area contributed by atoms with Crippen LogP contribution in [0.5, 0.6) is 0 Å². The molecular formula is C13H13N7O5S3. The average molecular weight is 443 g/mol. The van der Waals surface area contributed by atoms with Gasteiger partial charge in [0.25, 0.3) is 5.91 Å². The van der Waals surface area contributed by atoms with Crippen molar-refractivity contribution in [3.8, 4) is 0 Å². The van der Waals surface area contributed by atoms with Crippen LogP contribution in [0.4, 0.5) is 0 Å². The Morgan fingerprint density at radius 3 is 2.96 bits per heavy atom. The highest BCUT2D eigenvalue weighted by molar-refractivity contribution is 8.00. The summed E-state index contributed by atoms with van der Waals surface area (Å²) in [6.07, 6.45) is 0. The summed E-state index contributed by atoms with van der Waals surface area (Å²) >= 11 is 2.31. The molecule has 2 N–H and O–H groups in total. The van der Waals surface area contributed by atoms with Gasteiger partial charge in [-0.15, -0.1) is 22.0 Å². The molecule has 0 spiro atoms. The van der Waals surface area contributed by atoms with E-state index in [0.29, 0.717) is 5.57 Å². The lowest BCUT2D eigenvalue weighted by Crippen LogP contribution is -2.71. The van der Waals surface area contributed by atoms with Crippen molar-refractivity contribution in [2.75, 3.05) is 12.3 Å². The predicted octanol–water partition coefficient (Wildman–Crippen LogP) is 0.0831. The van der Waals surface area contributed by atoms with Crippen LogP contribution in [0.3, 0.4) is 0 Å². The van der Waals surface area contributed by atoms with Crippen molar-refractivity contribution >= 4 is 51.7 Å². The molecule has 3 heterocycles. The summed E-state index contributed by atoms with van der Waals surface area (Å²) in [6, 6.07) is -0.929. The van der Waals surface area contributed by atoms with Crippen LogP contribution in [0.25, 0.3) is 10.4 Å². The zero-order valence-corrected chi connectivity index (χ0v) is 16.7. The van der Waals surface area contributed by atoms with Crippen molar-refractivity contribution in [3.05, 3.63) is 27.2 Å². The van der Waals surface area contributed by atoms with Gasteiger partial charge in [0.1, 0.15) is 27.9 Å². The molecule has 1 saturated heterocycles. The summed E-state index contributed by atoms with van der Waals surface area (Å²) in [4.78, 5) is 40.2. The van der Waals surface area contributed by atoms with Gasteiger partial charge in [0.15, 0.2) is 0 Å². The topological polar surface area (TPSA) is 178 Å². The van der Waals surface area contributed by atoms with Gasteiger partial charge in [-0.2, -0.15) is 0 Å². The van der Waals surface area contributed by atoms with Gasteiger partial charge in [-0.1, -0.05) is 16.5 Å². The van der Waals surface area contributed by atoms with Crippen molar-refractivity contribution in [2.24, 2.45) is 5.11 Å². The molecule has 1 aromatic rings. The second-order valence-electron chi connectivity index (χ2n) is 5.69. The van der Waals surface area contributed by atoms with E-state index in [1.165, 1.54) is 24.2 Å². The number of fused-ring (bicyclic) bond motifs is 1. The third kappa shape index (κ3) is 3.61. The summed E-state index contributed by atoms with van der Waals surface area (Å²) < 4.78 is 12.5. The Bertz CT molecular complexity index is 927. The highest BCUT2D eigenvalue weighted by Crippen LogP contribution is 2.40. The number of nitrogens with zero attached hydrogens (tertiary/aromatic N) is 6. The Hall–Kier alpha value is -2.48. The molecule has 1 fully saturated rings. The van der Waals surface area contributed by atoms with E-state index >= 15 is 0 Å². The van der Waals surface area contributed by atoms with Crippen LogP contribution in [0.2, 0.25) is 0 Å². The number of carboxylic acids is 1. The Balaban J connectivity index is 1.72. The Kier molecular flexibility index (Phi) is 5.98. The molecule has 12 nitrogen and oxygen atoms in total. The minimum absolute atomic E-state index is 0.156. The molecule has 0 saturated carbocycles. The van der Waals surface area contributed by atoms with Crippen LogP contribution >= 0.6 is 23.1 Å². The summed E-state index contributed by atoms with van der Waals surface area (Å²) in [5.41, 5.74) is 9.94. The van der Waals surface area contributed by atoms with E-state index in [1.807, 2.05) is 0 Å². The molecule has 0 bridgehead atoms. The maximum atomic E-state index is 12.5. The highest BCUT2D eigenvalue weighted by atomic mass is 32.2. The number of carbonyl (C=O) groups excluding carboxylic acids is 2. The fraction of sp³-hybridized carbons (Fsp3) is 0.462. The van der Waals surface area contributed by atoms with Crippen molar-refractivity contribution in [1.82, 2.24) is 20.4 Å². The Labute approximate surface area is 168 Å². The minimum atomic E-state index is -1.72. The van der Waals surface area contributed by atoms with Gasteiger partial charge in [0.05, 0.1) is 17.3 Å². The van der Waals surface area contributed by atoms with E-state index in [9.17, 15) is 23.7 Å². The molecule has 2 amide bonds. The van der Waals surface area contributed by atoms with E-state index in [2.05, 4.69) is 25.5 Å². The number of aromatic nitrogens is 2. The lowest BCUT2D eigenvalue weighted by atomic mass is 10.0. The van der Waals surface area contributed by atoms with Gasteiger partial charge in [0, 0.05) is 10.7 Å². The van der Waals surface area contributed by atoms with Gasteiger partial charge in [0.2, 0.25) is 10.2 Å². The van der Waals surface area contributed by atoms with Gasteiger partial charge < -0.3 is 10.4 Å². The van der Waals surface area contributed by atoms with Crippen molar-refractivity contribution in [1.29, 1.82) is 0 Å². The first kappa shape index (κ1) is 20.3. The van der Waals surface area contributed by atoms with Gasteiger partial charge in [-0.25, -0.2) is 4.79 Å². The monoisotopic (exact) mass is 443 g/mol. The van der Waals surface area contributed by atoms with E-state index < -0.39 is 45.2 Å². The molecule has 2 aliphatic rings. The number of carbonyl (C=O) groups is 3. The number of azide groups is 1. The first-order valence-electron chi connectivity index (χ1n) is 7.74. The van der Waals surface area contributed by atoms with Crippen molar-refractivity contribution in [2.45, 2.75) is 27.9 Å². The number of hydrogen-bond donors (Lipinski definition) is 2. The molecule has 0 radical (unpaired) electrons. The van der Waals surface area contributed by atoms with Gasteiger partial charge in [-0.05, 0) is 18.0 Å². The van der Waals surface area contributed by atoms with Crippen LogP contribution in [-0.4, -0.2) is 71.2 Å². The first-order chi connectivity index (χ1) is 13.4. The SMILES string of the molecule is CC(C(=O)NC1C(=O)N2C(C(=O)O)=C(CN=[N+]=[N-])CS[C@H]12)S(=O)c1nncs1. The largest absolute Gasteiger partial charge is 0.477 e. The van der Waals surface area contributed by atoms with Gasteiger partial charge in [-0.3, -0.25) is 18.7 Å². The molecule has 1 aromatic heterocycles. The number of nitrogens with one attached hydrogen (secondary N) is 1. The lowest BCUT2D eigenvalue weighted by molar-refractivity contribution is -0.150. The Morgan fingerprint density at radius 1 is 1.61 bits per heavy atom. The third-order valence-electron chi connectivity index (χ3n) is 4.07. The Morgan fingerprint density at radius 2 is 2.36 bits per heavy atom. The van der Waals surface area contributed by atoms with Crippen LogP contribution in [-0.2, 0) is 25.2 Å². The lowest BCUT2D eigenvalue weighted by Gasteiger charge is -2.49. The normalized spacial score (nSPS) is 23.2. The quantitative estimate of drug-likeness (QED) is 0.257. The maximum absolute atomic E-state index is 12.5. The van der Waals surface area contributed by atoms with E-state index in [4.69, 9.17) is 5.53 Å². The number of β-lactam (4-membered cyclic amide) rings is 1. The molecule has 148 valence electrons. The summed E-state index contributed by atoms with van der Waals surface area (Å²) in [6.45, 7) is 1.29. The molecule has 28 heavy (non-hydrogen) atoms. The highest BCUT2D eigenvalue weighted by Gasteiger charge is 2.54. The van der Waals surface area contributed by atoms with E-state index in [-0.39, 0.29) is 22.3 Å². The zero-order valence-electron chi connectivity index (χ0n) is 14.2. The van der Waals surface area contributed by atoms with E-state index in [1.54, 1.807) is 0 Å². The zero-order chi connectivity index (χ0) is 20.4. The van der Waals surface area contributed by atoms with Crippen LogP contribution in [0.1, 0.15) is 6.92 Å². The molecule has 3 rings (SSSR count). The fourth-order valence-corrected chi connectivity index (χ4v) is 5.94. The summed E-state index contributed by atoms with van der Waals surface area (Å²) in [5, 5.41) is 21.1. The standard InChI is InChI=1S/C13H13N7O5S3/c1-5(28(25)13-18-16-4-27-13)9(21)17-7-10(22)20-8(12(23)24)6(2-15-19-14)3-26-11(7)20/h4-5,7,11H,2-3H2,1H3,(H,17,21)(H,23,24)/t5?,7?,11-,28?/m1/s1. The second-order valence-corrected chi connectivity index (χ2v) is 9.57. The number of thioether (sulfide) groups is 1. The van der Waals surface area contributed by atoms with Crippen molar-refractivity contribution < 1.29 is 23.7 Å². The fourth-order valence-electron chi connectivity index (χ4n) is 2.69. The minimum Gasteiger partial charge on any atom is -0.477 e. The summed E-state index contributed by atoms with van der Waals surface area (Å²) in [7, 11) is -1.72.